The maximum absolute atomic E-state index is 13.2. The van der Waals surface area contributed by atoms with Crippen LogP contribution in [0.25, 0.3) is 0 Å². The van der Waals surface area contributed by atoms with Crippen molar-refractivity contribution >= 4 is 17.7 Å². The number of ketones is 1. The average Bonchev–Trinajstić information content (AvgIpc) is 2.84. The van der Waals surface area contributed by atoms with Crippen LogP contribution in [0.15, 0.2) is 11.6 Å². The second-order valence-electron chi connectivity index (χ2n) is 15.1. The number of hydrogen-bond acceptors (Lipinski definition) is 5. The maximum Gasteiger partial charge on any atom is 0.306 e. The molecule has 0 radical (unpaired) electrons. The van der Waals surface area contributed by atoms with E-state index in [0.29, 0.717) is 41.6 Å². The highest BCUT2D eigenvalue weighted by Gasteiger charge is 2.68. The summed E-state index contributed by atoms with van der Waals surface area (Å²) < 4.78 is 12.3. The van der Waals surface area contributed by atoms with E-state index in [-0.39, 0.29) is 40.6 Å². The number of esters is 2. The molecule has 0 aromatic rings. The first-order chi connectivity index (χ1) is 18.1. The van der Waals surface area contributed by atoms with Crippen molar-refractivity contribution in [3.63, 3.8) is 0 Å². The fourth-order valence-corrected chi connectivity index (χ4v) is 10.2. The molecule has 4 rings (SSSR count). The summed E-state index contributed by atoms with van der Waals surface area (Å²) in [6.45, 7) is 19.3. The maximum atomic E-state index is 13.2. The molecule has 4 aliphatic carbocycles. The quantitative estimate of drug-likeness (QED) is 0.306. The number of hydrogen-bond donors (Lipinski definition) is 0. The van der Waals surface area contributed by atoms with Crippen molar-refractivity contribution in [1.82, 2.24) is 0 Å². The summed E-state index contributed by atoms with van der Waals surface area (Å²) in [7, 11) is 0. The molecule has 9 atom stereocenters. The van der Waals surface area contributed by atoms with E-state index in [0.717, 1.165) is 19.3 Å². The third kappa shape index (κ3) is 5.14. The monoisotopic (exact) mass is 542 g/mol. The van der Waals surface area contributed by atoms with E-state index < -0.39 is 11.5 Å². The number of carbonyl (C=O) groups is 3. The Hall–Kier alpha value is -1.65. The van der Waals surface area contributed by atoms with E-state index in [2.05, 4.69) is 54.5 Å². The second-order valence-corrected chi connectivity index (χ2v) is 15.1. The zero-order valence-corrected chi connectivity index (χ0v) is 26.2. The van der Waals surface area contributed by atoms with Gasteiger partial charge in [0.15, 0.2) is 5.78 Å². The van der Waals surface area contributed by atoms with Gasteiger partial charge in [-0.2, -0.15) is 0 Å². The first kappa shape index (κ1) is 30.3. The summed E-state index contributed by atoms with van der Waals surface area (Å²) in [6, 6.07) is 0. The highest BCUT2D eigenvalue weighted by atomic mass is 16.5. The van der Waals surface area contributed by atoms with Crippen molar-refractivity contribution in [2.75, 3.05) is 0 Å². The first-order valence-corrected chi connectivity index (χ1v) is 15.7. The Balaban J connectivity index is 1.81. The summed E-state index contributed by atoms with van der Waals surface area (Å²) in [5, 5.41) is 0. The Morgan fingerprint density at radius 3 is 2.18 bits per heavy atom. The fourth-order valence-electron chi connectivity index (χ4n) is 10.2. The van der Waals surface area contributed by atoms with Crippen molar-refractivity contribution in [2.45, 2.75) is 139 Å². The van der Waals surface area contributed by atoms with Gasteiger partial charge in [-0.3, -0.25) is 14.4 Å². The molecule has 220 valence electrons. The molecule has 0 amide bonds. The lowest BCUT2D eigenvalue weighted by atomic mass is 9.35. The van der Waals surface area contributed by atoms with E-state index in [1.165, 1.54) is 39.0 Å². The predicted octanol–water partition coefficient (Wildman–Crippen LogP) is 7.85. The molecule has 3 saturated carbocycles. The summed E-state index contributed by atoms with van der Waals surface area (Å²) in [6.07, 6.45) is 11.2. The number of rotatable bonds is 7. The van der Waals surface area contributed by atoms with E-state index >= 15 is 0 Å². The molecule has 5 nitrogen and oxygen atoms in total. The van der Waals surface area contributed by atoms with Crippen molar-refractivity contribution in [3.8, 4) is 0 Å². The van der Waals surface area contributed by atoms with Gasteiger partial charge in [-0.1, -0.05) is 67.4 Å². The zero-order valence-electron chi connectivity index (χ0n) is 26.2. The molecule has 0 aliphatic heterocycles. The van der Waals surface area contributed by atoms with Gasteiger partial charge in [0, 0.05) is 24.3 Å². The SMILES string of the molecule is CCC1(C)CCCC2(C)C1CCC1(C)C3CC(OC(C)=O)C(C(C)=O)=CC3(C)C(OC(=O)CCC(C)C)CC21. The number of ether oxygens (including phenoxy) is 2. The lowest BCUT2D eigenvalue weighted by molar-refractivity contribution is -0.230. The van der Waals surface area contributed by atoms with Crippen LogP contribution in [-0.4, -0.2) is 29.9 Å². The highest BCUT2D eigenvalue weighted by Crippen LogP contribution is 2.73. The normalized spacial score (nSPS) is 43.4. The van der Waals surface area contributed by atoms with E-state index in [1.54, 1.807) is 6.92 Å². The minimum absolute atomic E-state index is 0.00402. The van der Waals surface area contributed by atoms with Crippen LogP contribution < -0.4 is 0 Å². The first-order valence-electron chi connectivity index (χ1n) is 15.7. The minimum atomic E-state index is -0.538. The van der Waals surface area contributed by atoms with E-state index in [1.807, 2.05) is 0 Å². The summed E-state index contributed by atoms with van der Waals surface area (Å²) in [4.78, 5) is 38.2. The van der Waals surface area contributed by atoms with Crippen molar-refractivity contribution in [3.05, 3.63) is 11.6 Å². The molecular formula is C34H54O5. The predicted molar refractivity (Wildman–Crippen MR) is 154 cm³/mol. The number of fused-ring (bicyclic) bond motifs is 5. The molecular weight excluding hydrogens is 488 g/mol. The Morgan fingerprint density at radius 1 is 0.923 bits per heavy atom. The minimum Gasteiger partial charge on any atom is -0.461 e. The molecule has 4 aliphatic rings. The average molecular weight is 543 g/mol. The van der Waals surface area contributed by atoms with Crippen molar-refractivity contribution < 1.29 is 23.9 Å². The van der Waals surface area contributed by atoms with Crippen molar-refractivity contribution in [2.24, 2.45) is 45.3 Å². The molecule has 0 saturated heterocycles. The van der Waals surface area contributed by atoms with Crippen LogP contribution in [0.1, 0.15) is 127 Å². The van der Waals surface area contributed by atoms with Crippen molar-refractivity contribution in [1.29, 1.82) is 0 Å². The third-order valence-corrected chi connectivity index (χ3v) is 12.3. The van der Waals surface area contributed by atoms with Crippen LogP contribution in [-0.2, 0) is 23.9 Å². The summed E-state index contributed by atoms with van der Waals surface area (Å²) >= 11 is 0. The van der Waals surface area contributed by atoms with Gasteiger partial charge >= 0.3 is 11.9 Å². The van der Waals surface area contributed by atoms with E-state index in [4.69, 9.17) is 9.47 Å². The molecule has 39 heavy (non-hydrogen) atoms. The summed E-state index contributed by atoms with van der Waals surface area (Å²) in [5.74, 6) is 1.08. The molecule has 0 aromatic heterocycles. The largest absolute Gasteiger partial charge is 0.461 e. The van der Waals surface area contributed by atoms with Gasteiger partial charge < -0.3 is 9.47 Å². The molecule has 5 heteroatoms. The Labute approximate surface area is 237 Å². The van der Waals surface area contributed by atoms with Crippen LogP contribution in [0, 0.1) is 45.3 Å². The standard InChI is InChI=1S/C34H54O5/c1-10-31(6)15-11-16-32(7)26(31)14-17-33(8)27-18-25(38-23(5)36)24(22(4)35)20-34(27,9)29(19-28(32)33)39-30(37)13-12-21(2)3/h20-21,25-29H,10-19H2,1-9H3. The molecule has 3 fully saturated rings. The topological polar surface area (TPSA) is 69.7 Å². The van der Waals surface area contributed by atoms with E-state index in [9.17, 15) is 14.4 Å². The Kier molecular flexibility index (Phi) is 8.27. The van der Waals surface area contributed by atoms with Crippen LogP contribution in [0.5, 0.6) is 0 Å². The van der Waals surface area contributed by atoms with Crippen LogP contribution in [0.3, 0.4) is 0 Å². The lowest BCUT2D eigenvalue weighted by Crippen LogP contribution is -2.66. The van der Waals surface area contributed by atoms with Gasteiger partial charge in [0.25, 0.3) is 0 Å². The van der Waals surface area contributed by atoms with Gasteiger partial charge in [-0.15, -0.1) is 0 Å². The van der Waals surface area contributed by atoms with Crippen LogP contribution in [0.4, 0.5) is 0 Å². The molecule has 0 spiro atoms. The molecule has 0 N–H and O–H groups in total. The molecule has 9 unspecified atom stereocenters. The second kappa shape index (κ2) is 10.6. The highest BCUT2D eigenvalue weighted by molar-refractivity contribution is 5.95. The number of carbonyl (C=O) groups excluding carboxylic acids is 3. The van der Waals surface area contributed by atoms with Gasteiger partial charge in [0.05, 0.1) is 0 Å². The zero-order chi connectivity index (χ0) is 29.0. The third-order valence-electron chi connectivity index (χ3n) is 12.3. The fraction of sp³-hybridized carbons (Fsp3) is 0.853. The molecule has 0 bridgehead atoms. The Morgan fingerprint density at radius 2 is 1.59 bits per heavy atom. The molecule has 0 aromatic carbocycles. The van der Waals surface area contributed by atoms with Crippen LogP contribution >= 0.6 is 0 Å². The van der Waals surface area contributed by atoms with Gasteiger partial charge in [-0.05, 0) is 91.8 Å². The molecule has 0 heterocycles. The number of Topliss-reactive ketones (excluding diaryl/α,β-unsaturated/α-hetero) is 1. The van der Waals surface area contributed by atoms with Gasteiger partial charge in [0.2, 0.25) is 0 Å². The Bertz CT molecular complexity index is 1010. The summed E-state index contributed by atoms with van der Waals surface area (Å²) in [5.41, 5.74) is 0.589. The lowest BCUT2D eigenvalue weighted by Gasteiger charge is -2.70. The smallest absolute Gasteiger partial charge is 0.306 e. The van der Waals surface area contributed by atoms with Crippen LogP contribution in [0.2, 0.25) is 0 Å². The van der Waals surface area contributed by atoms with Gasteiger partial charge in [0.1, 0.15) is 12.2 Å². The van der Waals surface area contributed by atoms with Gasteiger partial charge in [-0.25, -0.2) is 0 Å².